The Kier molecular flexibility index (Phi) is 5.25. The Labute approximate surface area is 154 Å². The van der Waals surface area contributed by atoms with Gasteiger partial charge < -0.3 is 19.4 Å². The van der Waals surface area contributed by atoms with Crippen LogP contribution in [0.1, 0.15) is 11.3 Å². The molecule has 1 amide bonds. The molecule has 0 bridgehead atoms. The summed E-state index contributed by atoms with van der Waals surface area (Å²) >= 11 is 0. The molecule has 0 N–H and O–H groups in total. The molecule has 0 spiro atoms. The molecule has 2 heterocycles. The molecule has 1 saturated heterocycles. The maximum atomic E-state index is 12.6. The molecule has 0 saturated carbocycles. The van der Waals surface area contributed by atoms with Crippen LogP contribution in [-0.4, -0.2) is 61.6 Å². The number of benzene rings is 1. The van der Waals surface area contributed by atoms with E-state index in [2.05, 4.69) is 9.97 Å². The van der Waals surface area contributed by atoms with Gasteiger partial charge in [-0.25, -0.2) is 4.98 Å². The van der Waals surface area contributed by atoms with Crippen LogP contribution in [0.15, 0.2) is 30.3 Å². The third kappa shape index (κ3) is 4.04. The molecule has 2 aromatic rings. The van der Waals surface area contributed by atoms with Crippen LogP contribution >= 0.6 is 0 Å². The van der Waals surface area contributed by atoms with Crippen molar-refractivity contribution >= 4 is 17.7 Å². The molecule has 0 atom stereocenters. The number of amides is 1. The van der Waals surface area contributed by atoms with Gasteiger partial charge >= 0.3 is 0 Å². The molecule has 1 aliphatic heterocycles. The van der Waals surface area contributed by atoms with E-state index in [0.29, 0.717) is 25.6 Å². The molecule has 0 aliphatic carbocycles. The van der Waals surface area contributed by atoms with Crippen LogP contribution in [0, 0.1) is 6.92 Å². The Bertz CT molecular complexity index is 793. The van der Waals surface area contributed by atoms with Gasteiger partial charge in [-0.05, 0) is 24.6 Å². The van der Waals surface area contributed by atoms with Crippen molar-refractivity contribution in [2.24, 2.45) is 0 Å². The number of hydrogen-bond acceptors (Lipinski definition) is 6. The number of methoxy groups -OCH3 is 1. The first kappa shape index (κ1) is 18.0. The average molecular weight is 355 g/mol. The molecule has 3 rings (SSSR count). The molecule has 1 aromatic heterocycles. The molecule has 26 heavy (non-hydrogen) atoms. The summed E-state index contributed by atoms with van der Waals surface area (Å²) in [6.45, 7) is 4.28. The minimum absolute atomic E-state index is 0.0988. The number of carbonyl (C=O) groups excluding carboxylic acids is 1. The van der Waals surface area contributed by atoms with Crippen molar-refractivity contribution in [3.63, 3.8) is 0 Å². The number of nitrogens with zero attached hydrogens (tertiary/aromatic N) is 5. The molecule has 0 radical (unpaired) electrons. The summed E-state index contributed by atoms with van der Waals surface area (Å²) in [6, 6.07) is 9.76. The third-order valence-electron chi connectivity index (χ3n) is 4.38. The summed E-state index contributed by atoms with van der Waals surface area (Å²) in [6.07, 6.45) is 0. The van der Waals surface area contributed by atoms with Gasteiger partial charge in [0.2, 0.25) is 11.9 Å². The Balaban J connectivity index is 1.69. The van der Waals surface area contributed by atoms with Gasteiger partial charge in [-0.3, -0.25) is 4.79 Å². The third-order valence-corrected chi connectivity index (χ3v) is 4.38. The van der Waals surface area contributed by atoms with Crippen LogP contribution in [0.5, 0.6) is 5.75 Å². The lowest BCUT2D eigenvalue weighted by Crippen LogP contribution is -2.50. The highest BCUT2D eigenvalue weighted by atomic mass is 16.5. The van der Waals surface area contributed by atoms with Crippen LogP contribution in [0.25, 0.3) is 0 Å². The predicted molar refractivity (Wildman–Crippen MR) is 102 cm³/mol. The van der Waals surface area contributed by atoms with E-state index in [9.17, 15) is 4.79 Å². The zero-order valence-corrected chi connectivity index (χ0v) is 15.8. The van der Waals surface area contributed by atoms with E-state index in [4.69, 9.17) is 4.74 Å². The Hall–Kier alpha value is -2.83. The zero-order valence-electron chi connectivity index (χ0n) is 15.8. The van der Waals surface area contributed by atoms with Gasteiger partial charge in [0.15, 0.2) is 0 Å². The van der Waals surface area contributed by atoms with Gasteiger partial charge in [0, 0.05) is 45.5 Å². The van der Waals surface area contributed by atoms with Crippen molar-refractivity contribution in [2.75, 3.05) is 50.6 Å². The standard InChI is InChI=1S/C19H25N5O2/c1-14-10-17(21-19(20-14)22(2)3)23-8-9-24(18(25)13-23)12-15-6-5-7-16(11-15)26-4/h5-7,10-11H,8-9,12-13H2,1-4H3. The minimum Gasteiger partial charge on any atom is -0.497 e. The fourth-order valence-electron chi connectivity index (χ4n) is 2.96. The van der Waals surface area contributed by atoms with Crippen LogP contribution in [0.2, 0.25) is 0 Å². The Morgan fingerprint density at radius 2 is 2.00 bits per heavy atom. The average Bonchev–Trinajstić information content (AvgIpc) is 2.63. The number of carbonyl (C=O) groups is 1. The molecule has 1 fully saturated rings. The number of piperazine rings is 1. The molecular formula is C19H25N5O2. The van der Waals surface area contributed by atoms with E-state index in [-0.39, 0.29) is 5.91 Å². The fourth-order valence-corrected chi connectivity index (χ4v) is 2.96. The highest BCUT2D eigenvalue weighted by Gasteiger charge is 2.25. The minimum atomic E-state index is 0.0988. The highest BCUT2D eigenvalue weighted by molar-refractivity contribution is 5.82. The Morgan fingerprint density at radius 1 is 1.19 bits per heavy atom. The van der Waals surface area contributed by atoms with Gasteiger partial charge in [-0.15, -0.1) is 0 Å². The monoisotopic (exact) mass is 355 g/mol. The van der Waals surface area contributed by atoms with E-state index in [1.807, 2.05) is 66.1 Å². The van der Waals surface area contributed by atoms with Crippen molar-refractivity contribution in [1.82, 2.24) is 14.9 Å². The molecular weight excluding hydrogens is 330 g/mol. The van der Waals surface area contributed by atoms with Crippen LogP contribution in [0.4, 0.5) is 11.8 Å². The number of ether oxygens (including phenoxy) is 1. The summed E-state index contributed by atoms with van der Waals surface area (Å²) in [5, 5.41) is 0. The van der Waals surface area contributed by atoms with E-state index in [0.717, 1.165) is 29.4 Å². The van der Waals surface area contributed by atoms with Crippen LogP contribution in [0.3, 0.4) is 0 Å². The van der Waals surface area contributed by atoms with Gasteiger partial charge in [-0.2, -0.15) is 4.98 Å². The number of aromatic nitrogens is 2. The number of hydrogen-bond donors (Lipinski definition) is 0. The van der Waals surface area contributed by atoms with Gasteiger partial charge in [0.25, 0.3) is 0 Å². The lowest BCUT2D eigenvalue weighted by Gasteiger charge is -2.35. The molecule has 138 valence electrons. The van der Waals surface area contributed by atoms with Crippen LogP contribution < -0.4 is 14.5 Å². The lowest BCUT2D eigenvalue weighted by atomic mass is 10.2. The van der Waals surface area contributed by atoms with Crippen molar-refractivity contribution in [1.29, 1.82) is 0 Å². The maximum absolute atomic E-state index is 12.6. The highest BCUT2D eigenvalue weighted by Crippen LogP contribution is 2.20. The van der Waals surface area contributed by atoms with Gasteiger partial charge in [0.05, 0.1) is 13.7 Å². The summed E-state index contributed by atoms with van der Waals surface area (Å²) in [5.41, 5.74) is 1.96. The molecule has 1 aliphatic rings. The second-order valence-electron chi connectivity index (χ2n) is 6.65. The van der Waals surface area contributed by atoms with Crippen molar-refractivity contribution in [3.05, 3.63) is 41.6 Å². The first-order valence-corrected chi connectivity index (χ1v) is 8.65. The first-order valence-electron chi connectivity index (χ1n) is 8.65. The first-order chi connectivity index (χ1) is 12.5. The summed E-state index contributed by atoms with van der Waals surface area (Å²) < 4.78 is 5.26. The van der Waals surface area contributed by atoms with E-state index in [1.165, 1.54) is 0 Å². The molecule has 7 heteroatoms. The van der Waals surface area contributed by atoms with Gasteiger partial charge in [-0.1, -0.05) is 12.1 Å². The number of rotatable bonds is 5. The second-order valence-corrected chi connectivity index (χ2v) is 6.65. The number of aryl methyl sites for hydroxylation is 1. The topological polar surface area (TPSA) is 61.8 Å². The van der Waals surface area contributed by atoms with Crippen molar-refractivity contribution in [3.8, 4) is 5.75 Å². The zero-order chi connectivity index (χ0) is 18.7. The smallest absolute Gasteiger partial charge is 0.242 e. The summed E-state index contributed by atoms with van der Waals surface area (Å²) in [5.74, 6) is 2.37. The largest absolute Gasteiger partial charge is 0.497 e. The molecule has 1 aromatic carbocycles. The number of anilines is 2. The van der Waals surface area contributed by atoms with Crippen LogP contribution in [-0.2, 0) is 11.3 Å². The second kappa shape index (κ2) is 7.59. The maximum Gasteiger partial charge on any atom is 0.242 e. The van der Waals surface area contributed by atoms with E-state index in [1.54, 1.807) is 7.11 Å². The quantitative estimate of drug-likeness (QED) is 0.814. The SMILES string of the molecule is COc1cccc(CN2CCN(c3cc(C)nc(N(C)C)n3)CC2=O)c1. The van der Waals surface area contributed by atoms with Crippen molar-refractivity contribution < 1.29 is 9.53 Å². The van der Waals surface area contributed by atoms with E-state index >= 15 is 0 Å². The molecule has 7 nitrogen and oxygen atoms in total. The van der Waals surface area contributed by atoms with E-state index < -0.39 is 0 Å². The van der Waals surface area contributed by atoms with Gasteiger partial charge in [0.1, 0.15) is 11.6 Å². The lowest BCUT2D eigenvalue weighted by molar-refractivity contribution is -0.131. The summed E-state index contributed by atoms with van der Waals surface area (Å²) in [4.78, 5) is 27.4. The predicted octanol–water partition coefficient (Wildman–Crippen LogP) is 1.71. The normalized spacial score (nSPS) is 14.5. The Morgan fingerprint density at radius 3 is 2.69 bits per heavy atom. The molecule has 0 unspecified atom stereocenters. The van der Waals surface area contributed by atoms with Crippen molar-refractivity contribution in [2.45, 2.75) is 13.5 Å². The summed E-state index contributed by atoms with van der Waals surface area (Å²) in [7, 11) is 5.47. The fraction of sp³-hybridized carbons (Fsp3) is 0.421.